The number of benzene rings is 1. The lowest BCUT2D eigenvalue weighted by atomic mass is 10.0. The maximum Gasteiger partial charge on any atom is 0.216 e. The van der Waals surface area contributed by atoms with Crippen molar-refractivity contribution in [3.8, 4) is 5.75 Å². The number of amides is 1. The number of phenols is 1. The van der Waals surface area contributed by atoms with E-state index in [9.17, 15) is 20.1 Å². The van der Waals surface area contributed by atoms with E-state index in [4.69, 9.17) is 11.6 Å². The van der Waals surface area contributed by atoms with E-state index < -0.39 is 12.2 Å². The van der Waals surface area contributed by atoms with Crippen LogP contribution < -0.4 is 5.32 Å². The van der Waals surface area contributed by atoms with Crippen molar-refractivity contribution in [2.45, 2.75) is 25.6 Å². The molecule has 4 N–H and O–H groups in total. The molecule has 0 aromatic heterocycles. The van der Waals surface area contributed by atoms with Gasteiger partial charge >= 0.3 is 0 Å². The third-order valence-electron chi connectivity index (χ3n) is 2.49. The Morgan fingerprint density at radius 1 is 1.44 bits per heavy atom. The Hall–Kier alpha value is -1.30. The first-order valence-electron chi connectivity index (χ1n) is 5.50. The molecule has 0 fully saturated rings. The molecule has 0 saturated heterocycles. The molecule has 5 nitrogen and oxygen atoms in total. The van der Waals surface area contributed by atoms with Gasteiger partial charge in [-0.05, 0) is 24.1 Å². The summed E-state index contributed by atoms with van der Waals surface area (Å²) >= 11 is 5.64. The summed E-state index contributed by atoms with van der Waals surface area (Å²) in [5, 5.41) is 31.7. The topological polar surface area (TPSA) is 89.8 Å². The van der Waals surface area contributed by atoms with Crippen LogP contribution in [0.3, 0.4) is 0 Å². The van der Waals surface area contributed by atoms with Crippen LogP contribution in [0.5, 0.6) is 5.75 Å². The second-order valence-electron chi connectivity index (χ2n) is 3.99. The van der Waals surface area contributed by atoms with E-state index in [0.717, 1.165) is 0 Å². The van der Waals surface area contributed by atoms with Crippen LogP contribution in [0.4, 0.5) is 0 Å². The second-order valence-corrected chi connectivity index (χ2v) is 4.40. The van der Waals surface area contributed by atoms with Crippen LogP contribution in [-0.2, 0) is 4.79 Å². The van der Waals surface area contributed by atoms with Crippen molar-refractivity contribution in [2.24, 2.45) is 0 Å². The van der Waals surface area contributed by atoms with Crippen molar-refractivity contribution in [3.05, 3.63) is 28.8 Å². The van der Waals surface area contributed by atoms with Gasteiger partial charge in [-0.15, -0.1) is 0 Å². The number of hydrogen-bond acceptors (Lipinski definition) is 4. The fourth-order valence-corrected chi connectivity index (χ4v) is 1.61. The molecule has 2 unspecified atom stereocenters. The van der Waals surface area contributed by atoms with Crippen molar-refractivity contribution in [3.63, 3.8) is 0 Å². The van der Waals surface area contributed by atoms with E-state index in [1.54, 1.807) is 0 Å². The van der Waals surface area contributed by atoms with Crippen molar-refractivity contribution >= 4 is 17.5 Å². The molecule has 6 heteroatoms. The van der Waals surface area contributed by atoms with Crippen molar-refractivity contribution < 1.29 is 20.1 Å². The van der Waals surface area contributed by atoms with Crippen LogP contribution in [0.2, 0.25) is 5.02 Å². The number of aromatic hydroxyl groups is 1. The van der Waals surface area contributed by atoms with E-state index in [1.807, 2.05) is 0 Å². The van der Waals surface area contributed by atoms with Crippen LogP contribution in [-0.4, -0.2) is 33.9 Å². The Labute approximate surface area is 110 Å². The summed E-state index contributed by atoms with van der Waals surface area (Å²) in [6, 6.07) is 4.26. The Morgan fingerprint density at radius 3 is 2.67 bits per heavy atom. The number of halogens is 1. The molecule has 0 saturated carbocycles. The summed E-state index contributed by atoms with van der Waals surface area (Å²) < 4.78 is 0. The molecular weight excluding hydrogens is 258 g/mol. The highest BCUT2D eigenvalue weighted by Gasteiger charge is 2.19. The molecule has 100 valence electrons. The number of carbonyl (C=O) groups excluding carboxylic acids is 1. The fourth-order valence-electron chi connectivity index (χ4n) is 1.49. The summed E-state index contributed by atoms with van der Waals surface area (Å²) in [6.07, 6.45) is -1.95. The monoisotopic (exact) mass is 273 g/mol. The Balaban J connectivity index is 2.59. The second kappa shape index (κ2) is 6.58. The minimum absolute atomic E-state index is 0.151. The molecule has 0 spiro atoms. The molecule has 0 aliphatic heterocycles. The molecule has 0 bridgehead atoms. The van der Waals surface area contributed by atoms with E-state index >= 15 is 0 Å². The lowest BCUT2D eigenvalue weighted by Crippen LogP contribution is -2.27. The summed E-state index contributed by atoms with van der Waals surface area (Å²) in [6.45, 7) is 1.65. The Bertz CT molecular complexity index is 425. The molecule has 1 aromatic carbocycles. The lowest BCUT2D eigenvalue weighted by molar-refractivity contribution is -0.119. The average Bonchev–Trinajstić information content (AvgIpc) is 2.31. The summed E-state index contributed by atoms with van der Waals surface area (Å²) in [7, 11) is 0. The first-order valence-corrected chi connectivity index (χ1v) is 5.88. The van der Waals surface area contributed by atoms with E-state index in [2.05, 4.69) is 5.32 Å². The number of phenolic OH excluding ortho intramolecular Hbond substituents is 1. The third-order valence-corrected chi connectivity index (χ3v) is 2.81. The zero-order valence-electron chi connectivity index (χ0n) is 9.93. The Kier molecular flexibility index (Phi) is 5.40. The molecule has 18 heavy (non-hydrogen) atoms. The van der Waals surface area contributed by atoms with Crippen LogP contribution in [0.1, 0.15) is 25.0 Å². The van der Waals surface area contributed by atoms with Crippen LogP contribution in [0.15, 0.2) is 18.2 Å². The van der Waals surface area contributed by atoms with Gasteiger partial charge in [-0.3, -0.25) is 4.79 Å². The number of hydrogen-bond donors (Lipinski definition) is 4. The van der Waals surface area contributed by atoms with E-state index in [-0.39, 0.29) is 29.6 Å². The maximum atomic E-state index is 10.6. The standard InChI is InChI=1S/C12H16ClNO4/c1-7(15)14-5-4-10(16)12(18)8-2-3-9(13)11(17)6-8/h2-3,6,10,12,16-18H,4-5H2,1H3,(H,14,15). The summed E-state index contributed by atoms with van der Waals surface area (Å²) in [5.41, 5.74) is 0.368. The van der Waals surface area contributed by atoms with E-state index in [1.165, 1.54) is 25.1 Å². The molecule has 0 radical (unpaired) electrons. The summed E-state index contributed by atoms with van der Waals surface area (Å²) in [4.78, 5) is 10.6. The first kappa shape index (κ1) is 14.8. The molecule has 0 aliphatic carbocycles. The smallest absolute Gasteiger partial charge is 0.216 e. The van der Waals surface area contributed by atoms with Gasteiger partial charge in [0.1, 0.15) is 11.9 Å². The van der Waals surface area contributed by atoms with Crippen LogP contribution in [0, 0.1) is 0 Å². The van der Waals surface area contributed by atoms with Gasteiger partial charge in [0.15, 0.2) is 0 Å². The third kappa shape index (κ3) is 4.18. The van der Waals surface area contributed by atoms with Crippen LogP contribution >= 0.6 is 11.6 Å². The van der Waals surface area contributed by atoms with Crippen molar-refractivity contribution in [1.29, 1.82) is 0 Å². The van der Waals surface area contributed by atoms with Gasteiger partial charge < -0.3 is 20.6 Å². The summed E-state index contributed by atoms with van der Waals surface area (Å²) in [5.74, 6) is -0.344. The number of aliphatic hydroxyl groups excluding tert-OH is 2. The molecule has 0 aliphatic rings. The van der Waals surface area contributed by atoms with E-state index in [0.29, 0.717) is 5.56 Å². The van der Waals surface area contributed by atoms with Gasteiger partial charge in [0.25, 0.3) is 0 Å². The number of aliphatic hydroxyl groups is 2. The predicted molar refractivity (Wildman–Crippen MR) is 67.4 cm³/mol. The molecule has 1 aromatic rings. The molecule has 0 heterocycles. The highest BCUT2D eigenvalue weighted by atomic mass is 35.5. The number of nitrogens with one attached hydrogen (secondary N) is 1. The molecular formula is C12H16ClNO4. The molecule has 1 amide bonds. The van der Waals surface area contributed by atoms with Gasteiger partial charge in [0, 0.05) is 13.5 Å². The zero-order valence-corrected chi connectivity index (χ0v) is 10.7. The fraction of sp³-hybridized carbons (Fsp3) is 0.417. The molecule has 2 atom stereocenters. The van der Waals surface area contributed by atoms with Gasteiger partial charge in [-0.2, -0.15) is 0 Å². The minimum atomic E-state index is -1.14. The normalized spacial score (nSPS) is 14.0. The lowest BCUT2D eigenvalue weighted by Gasteiger charge is -2.18. The van der Waals surface area contributed by atoms with Gasteiger partial charge in [-0.25, -0.2) is 0 Å². The van der Waals surface area contributed by atoms with Crippen LogP contribution in [0.25, 0.3) is 0 Å². The van der Waals surface area contributed by atoms with Gasteiger partial charge in [0.2, 0.25) is 5.91 Å². The minimum Gasteiger partial charge on any atom is -0.506 e. The van der Waals surface area contributed by atoms with Crippen molar-refractivity contribution in [2.75, 3.05) is 6.54 Å². The van der Waals surface area contributed by atoms with Gasteiger partial charge in [-0.1, -0.05) is 17.7 Å². The van der Waals surface area contributed by atoms with Gasteiger partial charge in [0.05, 0.1) is 11.1 Å². The first-order chi connectivity index (χ1) is 8.41. The predicted octanol–water partition coefficient (Wildman–Crippen LogP) is 0.966. The largest absolute Gasteiger partial charge is 0.506 e. The molecule has 1 rings (SSSR count). The average molecular weight is 274 g/mol. The van der Waals surface area contributed by atoms with Crippen molar-refractivity contribution in [1.82, 2.24) is 5.32 Å². The number of carbonyl (C=O) groups is 1. The zero-order chi connectivity index (χ0) is 13.7. The Morgan fingerprint density at radius 2 is 2.11 bits per heavy atom. The highest BCUT2D eigenvalue weighted by Crippen LogP contribution is 2.28. The highest BCUT2D eigenvalue weighted by molar-refractivity contribution is 6.32. The maximum absolute atomic E-state index is 10.6. The SMILES string of the molecule is CC(=O)NCCC(O)C(O)c1ccc(Cl)c(O)c1. The quantitative estimate of drug-likeness (QED) is 0.643. The number of rotatable bonds is 5.